The van der Waals surface area contributed by atoms with E-state index in [9.17, 15) is 10.1 Å². The Hall–Kier alpha value is -4.30. The van der Waals surface area contributed by atoms with Crippen molar-refractivity contribution in [2.24, 2.45) is 0 Å². The van der Waals surface area contributed by atoms with Crippen molar-refractivity contribution < 1.29 is 4.92 Å². The van der Waals surface area contributed by atoms with Crippen LogP contribution in [-0.4, -0.2) is 24.3 Å². The van der Waals surface area contributed by atoms with E-state index < -0.39 is 4.92 Å². The Morgan fingerprint density at radius 2 is 1.58 bits per heavy atom. The molecule has 8 heteroatoms. The molecule has 162 valence electrons. The van der Waals surface area contributed by atoms with Gasteiger partial charge in [-0.1, -0.05) is 60.7 Å². The molecule has 0 fully saturated rings. The number of hydrogen-bond acceptors (Lipinski definition) is 4. The SMILES string of the molecule is O=[N+]([O-])c1ccc(-c2[nH]cc(-c3ccccc3)c2-n2cnn(Cc3ccccc3)c2=S)cc1. The molecule has 0 saturated heterocycles. The van der Waals surface area contributed by atoms with Gasteiger partial charge < -0.3 is 4.98 Å². The van der Waals surface area contributed by atoms with Crippen molar-refractivity contribution >= 4 is 17.9 Å². The van der Waals surface area contributed by atoms with Crippen LogP contribution in [0.2, 0.25) is 0 Å². The highest BCUT2D eigenvalue weighted by atomic mass is 32.1. The summed E-state index contributed by atoms with van der Waals surface area (Å²) in [5.74, 6) is 0. The fourth-order valence-electron chi connectivity index (χ4n) is 3.83. The van der Waals surface area contributed by atoms with E-state index in [0.29, 0.717) is 11.3 Å². The summed E-state index contributed by atoms with van der Waals surface area (Å²) >= 11 is 5.81. The smallest absolute Gasteiger partial charge is 0.269 e. The summed E-state index contributed by atoms with van der Waals surface area (Å²) in [6, 6.07) is 26.5. The molecule has 0 aliphatic carbocycles. The Balaban J connectivity index is 1.65. The molecular weight excluding hydrogens is 434 g/mol. The number of nitro groups is 1. The monoisotopic (exact) mass is 453 g/mol. The number of nitrogens with zero attached hydrogens (tertiary/aromatic N) is 4. The third kappa shape index (κ3) is 3.99. The van der Waals surface area contributed by atoms with Gasteiger partial charge in [0.25, 0.3) is 5.69 Å². The fourth-order valence-corrected chi connectivity index (χ4v) is 4.08. The second kappa shape index (κ2) is 8.68. The Bertz CT molecular complexity index is 1470. The third-order valence-corrected chi connectivity index (χ3v) is 5.86. The Kier molecular flexibility index (Phi) is 5.42. The summed E-state index contributed by atoms with van der Waals surface area (Å²) < 4.78 is 4.22. The van der Waals surface area contributed by atoms with Crippen molar-refractivity contribution in [3.8, 4) is 28.1 Å². The molecule has 33 heavy (non-hydrogen) atoms. The van der Waals surface area contributed by atoms with Gasteiger partial charge in [0.1, 0.15) is 6.33 Å². The molecule has 7 nitrogen and oxygen atoms in total. The molecule has 3 aromatic carbocycles. The fraction of sp³-hybridized carbons (Fsp3) is 0.0400. The molecule has 0 spiro atoms. The van der Waals surface area contributed by atoms with E-state index in [1.807, 2.05) is 71.4 Å². The number of benzene rings is 3. The van der Waals surface area contributed by atoms with Crippen LogP contribution in [0.3, 0.4) is 0 Å². The van der Waals surface area contributed by atoms with Crippen LogP contribution in [0.1, 0.15) is 5.56 Å². The van der Waals surface area contributed by atoms with E-state index in [0.717, 1.165) is 33.6 Å². The molecule has 2 heterocycles. The highest BCUT2D eigenvalue weighted by Gasteiger charge is 2.19. The van der Waals surface area contributed by atoms with Gasteiger partial charge in [-0.2, -0.15) is 5.10 Å². The molecule has 5 rings (SSSR count). The summed E-state index contributed by atoms with van der Waals surface area (Å²) in [6.07, 6.45) is 3.65. The molecule has 0 bridgehead atoms. The minimum absolute atomic E-state index is 0.0439. The second-order valence-corrected chi connectivity index (χ2v) is 7.89. The molecule has 1 N–H and O–H groups in total. The first kappa shape index (κ1) is 20.6. The highest BCUT2D eigenvalue weighted by Crippen LogP contribution is 2.36. The molecule has 0 atom stereocenters. The second-order valence-electron chi connectivity index (χ2n) is 7.52. The quantitative estimate of drug-likeness (QED) is 0.194. The maximum Gasteiger partial charge on any atom is 0.269 e. The normalized spacial score (nSPS) is 10.9. The van der Waals surface area contributed by atoms with Gasteiger partial charge in [0.05, 0.1) is 22.8 Å². The van der Waals surface area contributed by atoms with E-state index in [1.165, 1.54) is 12.1 Å². The maximum absolute atomic E-state index is 11.1. The molecule has 0 saturated carbocycles. The standard InChI is InChI=1S/C25H19N5O2S/c31-30(32)21-13-11-20(12-14-21)23-24(22(15-26-23)19-9-5-2-6-10-19)28-17-27-29(25(28)33)16-18-7-3-1-4-8-18/h1-15,17,26H,16H2. The first-order valence-corrected chi connectivity index (χ1v) is 10.7. The predicted octanol–water partition coefficient (Wildman–Crippen LogP) is 6.02. The van der Waals surface area contributed by atoms with Crippen LogP contribution in [-0.2, 0) is 6.54 Å². The molecule has 0 unspecified atom stereocenters. The van der Waals surface area contributed by atoms with Crippen molar-refractivity contribution in [3.05, 3.63) is 118 Å². The van der Waals surface area contributed by atoms with Crippen LogP contribution in [0.25, 0.3) is 28.1 Å². The number of nitro benzene ring substituents is 1. The third-order valence-electron chi connectivity index (χ3n) is 5.45. The van der Waals surface area contributed by atoms with Gasteiger partial charge in [0, 0.05) is 29.5 Å². The molecule has 0 aliphatic heterocycles. The largest absolute Gasteiger partial charge is 0.359 e. The first-order valence-electron chi connectivity index (χ1n) is 10.3. The number of aromatic nitrogens is 4. The predicted molar refractivity (Wildman–Crippen MR) is 130 cm³/mol. The van der Waals surface area contributed by atoms with E-state index in [2.05, 4.69) is 10.1 Å². The van der Waals surface area contributed by atoms with Crippen LogP contribution in [0, 0.1) is 14.9 Å². The number of hydrogen-bond donors (Lipinski definition) is 1. The Morgan fingerprint density at radius 3 is 2.24 bits per heavy atom. The summed E-state index contributed by atoms with van der Waals surface area (Å²) in [6.45, 7) is 0.560. The van der Waals surface area contributed by atoms with Gasteiger partial charge >= 0.3 is 0 Å². The van der Waals surface area contributed by atoms with Gasteiger partial charge in [-0.15, -0.1) is 0 Å². The number of rotatable bonds is 6. The van der Waals surface area contributed by atoms with E-state index >= 15 is 0 Å². The number of H-pyrrole nitrogens is 1. The van der Waals surface area contributed by atoms with Crippen molar-refractivity contribution in [3.63, 3.8) is 0 Å². The van der Waals surface area contributed by atoms with Crippen LogP contribution < -0.4 is 0 Å². The zero-order chi connectivity index (χ0) is 22.8. The average Bonchev–Trinajstić information content (AvgIpc) is 3.44. The number of nitrogens with one attached hydrogen (secondary N) is 1. The van der Waals surface area contributed by atoms with Crippen LogP contribution in [0.4, 0.5) is 5.69 Å². The molecule has 2 aromatic heterocycles. The summed E-state index contributed by atoms with van der Waals surface area (Å²) in [5, 5.41) is 15.6. The lowest BCUT2D eigenvalue weighted by atomic mass is 10.0. The topological polar surface area (TPSA) is 81.7 Å². The molecule has 0 radical (unpaired) electrons. The van der Waals surface area contributed by atoms with Gasteiger partial charge in [-0.25, -0.2) is 4.68 Å². The van der Waals surface area contributed by atoms with Crippen molar-refractivity contribution in [2.75, 3.05) is 0 Å². The van der Waals surface area contributed by atoms with E-state index in [-0.39, 0.29) is 5.69 Å². The summed E-state index contributed by atoms with van der Waals surface area (Å²) in [7, 11) is 0. The van der Waals surface area contributed by atoms with Gasteiger partial charge in [-0.3, -0.25) is 14.7 Å². The Labute approximate surface area is 194 Å². The van der Waals surface area contributed by atoms with Gasteiger partial charge in [0.15, 0.2) is 0 Å². The van der Waals surface area contributed by atoms with Crippen molar-refractivity contribution in [1.82, 2.24) is 19.3 Å². The lowest BCUT2D eigenvalue weighted by molar-refractivity contribution is -0.384. The minimum atomic E-state index is -0.404. The zero-order valence-electron chi connectivity index (χ0n) is 17.5. The summed E-state index contributed by atoms with van der Waals surface area (Å²) in [5.41, 5.74) is 5.59. The van der Waals surface area contributed by atoms with Crippen LogP contribution in [0.15, 0.2) is 97.5 Å². The highest BCUT2D eigenvalue weighted by molar-refractivity contribution is 7.71. The first-order chi connectivity index (χ1) is 16.1. The Morgan fingerprint density at radius 1 is 0.909 bits per heavy atom. The van der Waals surface area contributed by atoms with E-state index in [4.69, 9.17) is 12.2 Å². The average molecular weight is 454 g/mol. The number of non-ortho nitro benzene ring substituents is 1. The van der Waals surface area contributed by atoms with Crippen LogP contribution >= 0.6 is 12.2 Å². The molecule has 0 amide bonds. The number of aromatic amines is 1. The van der Waals surface area contributed by atoms with Crippen molar-refractivity contribution in [2.45, 2.75) is 6.54 Å². The zero-order valence-corrected chi connectivity index (χ0v) is 18.3. The van der Waals surface area contributed by atoms with Gasteiger partial charge in [-0.05, 0) is 35.5 Å². The molecular formula is C25H19N5O2S. The molecule has 0 aliphatic rings. The van der Waals surface area contributed by atoms with Gasteiger partial charge in [0.2, 0.25) is 4.77 Å². The molecule has 5 aromatic rings. The van der Waals surface area contributed by atoms with E-state index in [1.54, 1.807) is 23.1 Å². The minimum Gasteiger partial charge on any atom is -0.359 e. The van der Waals surface area contributed by atoms with Crippen molar-refractivity contribution in [1.29, 1.82) is 0 Å². The van der Waals surface area contributed by atoms with Crippen LogP contribution in [0.5, 0.6) is 0 Å². The lowest BCUT2D eigenvalue weighted by Crippen LogP contribution is -2.03. The lowest BCUT2D eigenvalue weighted by Gasteiger charge is -2.09. The summed E-state index contributed by atoms with van der Waals surface area (Å²) in [4.78, 5) is 14.0. The maximum atomic E-state index is 11.1.